The fourth-order valence-corrected chi connectivity index (χ4v) is 1.86. The SMILES string of the molecule is Cc1ccc2ccccc2c1C#CCCCO. The molecule has 0 aliphatic heterocycles. The van der Waals surface area contributed by atoms with Crippen molar-refractivity contribution in [2.75, 3.05) is 6.61 Å². The summed E-state index contributed by atoms with van der Waals surface area (Å²) in [6, 6.07) is 12.5. The van der Waals surface area contributed by atoms with Crippen LogP contribution in [0.5, 0.6) is 0 Å². The van der Waals surface area contributed by atoms with Gasteiger partial charge in [-0.3, -0.25) is 0 Å². The molecule has 0 aliphatic carbocycles. The lowest BCUT2D eigenvalue weighted by Gasteiger charge is -2.03. The van der Waals surface area contributed by atoms with Gasteiger partial charge in [0.25, 0.3) is 0 Å². The van der Waals surface area contributed by atoms with Crippen LogP contribution in [0, 0.1) is 18.8 Å². The maximum absolute atomic E-state index is 8.72. The van der Waals surface area contributed by atoms with Gasteiger partial charge in [-0.05, 0) is 29.7 Å². The fourth-order valence-electron chi connectivity index (χ4n) is 1.86. The van der Waals surface area contributed by atoms with Gasteiger partial charge in [-0.15, -0.1) is 0 Å². The number of aliphatic hydroxyl groups excluding tert-OH is 1. The van der Waals surface area contributed by atoms with Crippen LogP contribution in [0.2, 0.25) is 0 Å². The number of benzene rings is 2. The molecule has 1 heteroatoms. The molecular weight excluding hydrogens is 208 g/mol. The minimum absolute atomic E-state index is 0.212. The molecule has 0 bridgehead atoms. The zero-order chi connectivity index (χ0) is 12.1. The minimum atomic E-state index is 0.212. The maximum atomic E-state index is 8.72. The summed E-state index contributed by atoms with van der Waals surface area (Å²) in [6.07, 6.45) is 1.50. The number of fused-ring (bicyclic) bond motifs is 1. The van der Waals surface area contributed by atoms with Gasteiger partial charge >= 0.3 is 0 Å². The Kier molecular flexibility index (Phi) is 3.80. The molecule has 0 atom stereocenters. The molecule has 2 aromatic rings. The molecule has 0 unspecified atom stereocenters. The minimum Gasteiger partial charge on any atom is -0.396 e. The summed E-state index contributed by atoms with van der Waals surface area (Å²) in [5.41, 5.74) is 2.32. The van der Waals surface area contributed by atoms with E-state index in [-0.39, 0.29) is 6.61 Å². The summed E-state index contributed by atoms with van der Waals surface area (Å²) in [4.78, 5) is 0. The molecule has 1 N–H and O–H groups in total. The van der Waals surface area contributed by atoms with E-state index in [1.807, 2.05) is 12.1 Å². The first-order valence-electron chi connectivity index (χ1n) is 5.91. The van der Waals surface area contributed by atoms with Crippen molar-refractivity contribution >= 4 is 10.8 Å². The van der Waals surface area contributed by atoms with Gasteiger partial charge in [-0.2, -0.15) is 0 Å². The summed E-state index contributed by atoms with van der Waals surface area (Å²) in [6.45, 7) is 2.30. The molecule has 2 aromatic carbocycles. The second-order valence-electron chi connectivity index (χ2n) is 4.11. The van der Waals surface area contributed by atoms with E-state index in [0.717, 1.165) is 18.4 Å². The van der Waals surface area contributed by atoms with Crippen LogP contribution in [0.15, 0.2) is 36.4 Å². The van der Waals surface area contributed by atoms with Crippen LogP contribution in [0.1, 0.15) is 24.0 Å². The highest BCUT2D eigenvalue weighted by molar-refractivity contribution is 5.89. The average Bonchev–Trinajstić information content (AvgIpc) is 2.37. The van der Waals surface area contributed by atoms with Gasteiger partial charge in [-0.1, -0.05) is 48.2 Å². The Morgan fingerprint density at radius 1 is 1.12 bits per heavy atom. The van der Waals surface area contributed by atoms with Crippen molar-refractivity contribution in [1.82, 2.24) is 0 Å². The van der Waals surface area contributed by atoms with Crippen molar-refractivity contribution < 1.29 is 5.11 Å². The summed E-state index contributed by atoms with van der Waals surface area (Å²) >= 11 is 0. The molecule has 0 amide bonds. The second-order valence-corrected chi connectivity index (χ2v) is 4.11. The smallest absolute Gasteiger partial charge is 0.0440 e. The average molecular weight is 224 g/mol. The van der Waals surface area contributed by atoms with Gasteiger partial charge in [-0.25, -0.2) is 0 Å². The first kappa shape index (κ1) is 11.7. The maximum Gasteiger partial charge on any atom is 0.0440 e. The van der Waals surface area contributed by atoms with Crippen molar-refractivity contribution in [3.8, 4) is 11.8 Å². The summed E-state index contributed by atoms with van der Waals surface area (Å²) in [7, 11) is 0. The van der Waals surface area contributed by atoms with Crippen LogP contribution in [-0.4, -0.2) is 11.7 Å². The fraction of sp³-hybridized carbons (Fsp3) is 0.250. The predicted octanol–water partition coefficient (Wildman–Crippen LogP) is 3.27. The van der Waals surface area contributed by atoms with Crippen LogP contribution in [0.3, 0.4) is 0 Å². The molecule has 1 nitrogen and oxygen atoms in total. The molecule has 0 saturated heterocycles. The standard InChI is InChI=1S/C16H16O/c1-13-10-11-14-7-4-5-9-16(14)15(13)8-3-2-6-12-17/h4-5,7,9-11,17H,2,6,12H2,1H3. The Bertz CT molecular complexity index is 573. The van der Waals surface area contributed by atoms with Gasteiger partial charge in [0.15, 0.2) is 0 Å². The van der Waals surface area contributed by atoms with Gasteiger partial charge in [0.05, 0.1) is 0 Å². The van der Waals surface area contributed by atoms with Crippen molar-refractivity contribution in [2.24, 2.45) is 0 Å². The topological polar surface area (TPSA) is 20.2 Å². The first-order chi connectivity index (χ1) is 8.33. The Balaban J connectivity index is 2.43. The number of hydrogen-bond donors (Lipinski definition) is 1. The largest absolute Gasteiger partial charge is 0.396 e. The molecule has 0 spiro atoms. The Morgan fingerprint density at radius 3 is 2.76 bits per heavy atom. The van der Waals surface area contributed by atoms with E-state index < -0.39 is 0 Å². The van der Waals surface area contributed by atoms with E-state index in [1.54, 1.807) is 0 Å². The molecule has 0 aliphatic rings. The second kappa shape index (κ2) is 5.52. The van der Waals surface area contributed by atoms with Gasteiger partial charge in [0, 0.05) is 18.6 Å². The van der Waals surface area contributed by atoms with Crippen molar-refractivity contribution in [2.45, 2.75) is 19.8 Å². The van der Waals surface area contributed by atoms with Crippen molar-refractivity contribution in [3.05, 3.63) is 47.5 Å². The van der Waals surface area contributed by atoms with E-state index in [2.05, 4.69) is 43.0 Å². The number of aliphatic hydroxyl groups is 1. The van der Waals surface area contributed by atoms with Crippen LogP contribution in [-0.2, 0) is 0 Å². The van der Waals surface area contributed by atoms with Crippen molar-refractivity contribution in [1.29, 1.82) is 0 Å². The van der Waals surface area contributed by atoms with Crippen LogP contribution in [0.4, 0.5) is 0 Å². The molecule has 0 heterocycles. The molecule has 17 heavy (non-hydrogen) atoms. The molecule has 0 saturated carbocycles. The third kappa shape index (κ3) is 2.67. The van der Waals surface area contributed by atoms with E-state index in [0.29, 0.717) is 0 Å². The third-order valence-electron chi connectivity index (χ3n) is 2.81. The molecule has 0 aromatic heterocycles. The highest BCUT2D eigenvalue weighted by Crippen LogP contribution is 2.21. The quantitative estimate of drug-likeness (QED) is 0.613. The van der Waals surface area contributed by atoms with E-state index in [4.69, 9.17) is 5.11 Å². The van der Waals surface area contributed by atoms with Gasteiger partial charge in [0.2, 0.25) is 0 Å². The number of unbranched alkanes of at least 4 members (excludes halogenated alkanes) is 1. The Morgan fingerprint density at radius 2 is 1.94 bits per heavy atom. The lowest BCUT2D eigenvalue weighted by atomic mass is 10.00. The first-order valence-corrected chi connectivity index (χ1v) is 5.91. The summed E-state index contributed by atoms with van der Waals surface area (Å²) < 4.78 is 0. The number of aryl methyl sites for hydroxylation is 1. The Labute approximate surface area is 102 Å². The zero-order valence-electron chi connectivity index (χ0n) is 10.0. The number of rotatable bonds is 2. The van der Waals surface area contributed by atoms with E-state index >= 15 is 0 Å². The monoisotopic (exact) mass is 224 g/mol. The highest BCUT2D eigenvalue weighted by atomic mass is 16.2. The lowest BCUT2D eigenvalue weighted by molar-refractivity contribution is 0.290. The van der Waals surface area contributed by atoms with Crippen molar-refractivity contribution in [3.63, 3.8) is 0 Å². The molecule has 0 radical (unpaired) electrons. The summed E-state index contributed by atoms with van der Waals surface area (Å²) in [5, 5.41) is 11.2. The van der Waals surface area contributed by atoms with Crippen LogP contribution >= 0.6 is 0 Å². The molecular formula is C16H16O. The number of hydrogen-bond acceptors (Lipinski definition) is 1. The molecule has 2 rings (SSSR count). The third-order valence-corrected chi connectivity index (χ3v) is 2.81. The summed E-state index contributed by atoms with van der Waals surface area (Å²) in [5.74, 6) is 6.36. The van der Waals surface area contributed by atoms with E-state index in [9.17, 15) is 0 Å². The predicted molar refractivity (Wildman–Crippen MR) is 71.9 cm³/mol. The van der Waals surface area contributed by atoms with Gasteiger partial charge < -0.3 is 5.11 Å². The van der Waals surface area contributed by atoms with E-state index in [1.165, 1.54) is 16.3 Å². The van der Waals surface area contributed by atoms with Crippen LogP contribution in [0.25, 0.3) is 10.8 Å². The van der Waals surface area contributed by atoms with Gasteiger partial charge in [0.1, 0.15) is 0 Å². The Hall–Kier alpha value is -1.78. The molecule has 0 fully saturated rings. The normalized spacial score (nSPS) is 10.0. The lowest BCUT2D eigenvalue weighted by Crippen LogP contribution is -1.85. The van der Waals surface area contributed by atoms with Crippen LogP contribution < -0.4 is 0 Å². The molecule has 86 valence electrons. The highest BCUT2D eigenvalue weighted by Gasteiger charge is 2.00. The zero-order valence-corrected chi connectivity index (χ0v) is 10.0.